The molecule has 4 rings (SSSR count). The van der Waals surface area contributed by atoms with Gasteiger partial charge in [0.05, 0.1) is 18.2 Å². The molecule has 1 spiro atoms. The molecule has 1 saturated carbocycles. The number of likely N-dealkylation sites (tertiary alicyclic amines) is 1. The summed E-state index contributed by atoms with van der Waals surface area (Å²) in [5.74, 6) is 0.560. The molecule has 4 fully saturated rings. The molecule has 21 heavy (non-hydrogen) atoms. The summed E-state index contributed by atoms with van der Waals surface area (Å²) >= 11 is 0. The number of hydrogen-bond acceptors (Lipinski definition) is 3. The van der Waals surface area contributed by atoms with E-state index in [1.54, 1.807) is 0 Å². The quantitative estimate of drug-likeness (QED) is 0.811. The predicted octanol–water partition coefficient (Wildman–Crippen LogP) is 1.50. The number of hydrogen-bond donors (Lipinski definition) is 2. The Morgan fingerprint density at radius 3 is 2.86 bits per heavy atom. The van der Waals surface area contributed by atoms with Gasteiger partial charge in [-0.3, -0.25) is 0 Å². The summed E-state index contributed by atoms with van der Waals surface area (Å²) in [4.78, 5) is 14.4. The second-order valence-electron chi connectivity index (χ2n) is 7.38. The van der Waals surface area contributed by atoms with Gasteiger partial charge in [-0.2, -0.15) is 0 Å². The zero-order valence-corrected chi connectivity index (χ0v) is 12.6. The summed E-state index contributed by atoms with van der Waals surface area (Å²) in [6.45, 7) is 1.65. The van der Waals surface area contributed by atoms with Crippen molar-refractivity contribution in [3.05, 3.63) is 0 Å². The summed E-state index contributed by atoms with van der Waals surface area (Å²) in [5, 5.41) is 12.8. The monoisotopic (exact) mass is 294 g/mol. The second-order valence-corrected chi connectivity index (χ2v) is 7.38. The van der Waals surface area contributed by atoms with E-state index in [2.05, 4.69) is 5.32 Å². The Bertz CT molecular complexity index is 424. The van der Waals surface area contributed by atoms with E-state index in [-0.39, 0.29) is 30.3 Å². The molecular formula is C16H26N2O3. The lowest BCUT2D eigenvalue weighted by atomic mass is 9.74. The molecule has 5 heteroatoms. The van der Waals surface area contributed by atoms with Crippen molar-refractivity contribution < 1.29 is 14.6 Å². The van der Waals surface area contributed by atoms with Crippen LogP contribution in [-0.4, -0.2) is 53.5 Å². The van der Waals surface area contributed by atoms with Crippen LogP contribution in [0.25, 0.3) is 0 Å². The molecule has 2 N–H and O–H groups in total. The first-order valence-corrected chi connectivity index (χ1v) is 8.56. The molecule has 2 amide bonds. The molecule has 0 aromatic heterocycles. The highest BCUT2D eigenvalue weighted by atomic mass is 16.5. The van der Waals surface area contributed by atoms with Gasteiger partial charge in [-0.15, -0.1) is 0 Å². The van der Waals surface area contributed by atoms with Gasteiger partial charge in [-0.05, 0) is 25.7 Å². The number of amides is 2. The lowest BCUT2D eigenvalue weighted by molar-refractivity contribution is 0.00380. The van der Waals surface area contributed by atoms with Gasteiger partial charge >= 0.3 is 6.03 Å². The van der Waals surface area contributed by atoms with E-state index < -0.39 is 0 Å². The second kappa shape index (κ2) is 5.13. The number of nitrogens with zero attached hydrogens (tertiary/aromatic N) is 1. The van der Waals surface area contributed by atoms with Gasteiger partial charge in [0.1, 0.15) is 0 Å². The highest BCUT2D eigenvalue weighted by Gasteiger charge is 2.63. The number of aliphatic hydroxyl groups excluding tert-OH is 1. The topological polar surface area (TPSA) is 61.8 Å². The van der Waals surface area contributed by atoms with Crippen LogP contribution in [0.1, 0.15) is 44.9 Å². The minimum atomic E-state index is -0.151. The summed E-state index contributed by atoms with van der Waals surface area (Å²) in [7, 11) is 0. The number of carbonyl (C=O) groups excluding carboxylic acids is 1. The Morgan fingerprint density at radius 1 is 1.29 bits per heavy atom. The molecule has 4 atom stereocenters. The summed E-state index contributed by atoms with van der Waals surface area (Å²) in [5.41, 5.74) is -0.151. The smallest absolute Gasteiger partial charge is 0.317 e. The zero-order chi connectivity index (χ0) is 14.4. The maximum absolute atomic E-state index is 12.5. The van der Waals surface area contributed by atoms with E-state index in [1.807, 2.05) is 4.90 Å². The standard InChI is InChI=1S/C16H26N2O3/c19-9-12-13-8-18(10-16(13)7-6-14(12)21-16)15(20)17-11-4-2-1-3-5-11/h11-14,19H,1-10H2,(H,17,20)/t12-,13+,14+,16+/m0/s1. The first-order chi connectivity index (χ1) is 10.2. The van der Waals surface area contributed by atoms with Crippen molar-refractivity contribution in [3.8, 4) is 0 Å². The van der Waals surface area contributed by atoms with Gasteiger partial charge in [0.15, 0.2) is 0 Å². The van der Waals surface area contributed by atoms with Gasteiger partial charge < -0.3 is 20.1 Å². The van der Waals surface area contributed by atoms with E-state index >= 15 is 0 Å². The molecule has 3 saturated heterocycles. The third kappa shape index (κ3) is 2.16. The maximum atomic E-state index is 12.5. The highest BCUT2D eigenvalue weighted by molar-refractivity contribution is 5.75. The fourth-order valence-corrected chi connectivity index (χ4v) is 5.10. The van der Waals surface area contributed by atoms with Gasteiger partial charge in [-0.25, -0.2) is 4.79 Å². The molecule has 0 radical (unpaired) electrons. The van der Waals surface area contributed by atoms with Crippen LogP contribution in [-0.2, 0) is 4.74 Å². The SMILES string of the molecule is O=C(NC1CCCCC1)N1C[C@@H]2[C@H](CO)[C@H]3CC[C@]2(C1)O3. The zero-order valence-electron chi connectivity index (χ0n) is 12.6. The maximum Gasteiger partial charge on any atom is 0.317 e. The normalized spacial score (nSPS) is 42.3. The number of urea groups is 1. The van der Waals surface area contributed by atoms with Crippen LogP contribution in [0.2, 0.25) is 0 Å². The minimum absolute atomic E-state index is 0.0782. The molecule has 3 aliphatic heterocycles. The highest BCUT2D eigenvalue weighted by Crippen LogP contribution is 2.54. The number of fused-ring (bicyclic) bond motifs is 1. The van der Waals surface area contributed by atoms with E-state index in [1.165, 1.54) is 19.3 Å². The third-order valence-electron chi connectivity index (χ3n) is 6.21. The number of carbonyl (C=O) groups is 1. The average Bonchev–Trinajstić information content (AvgIpc) is 3.15. The van der Waals surface area contributed by atoms with E-state index in [9.17, 15) is 9.90 Å². The molecule has 0 unspecified atom stereocenters. The fraction of sp³-hybridized carbons (Fsp3) is 0.938. The molecule has 1 aliphatic carbocycles. The lowest BCUT2D eigenvalue weighted by Gasteiger charge is -2.27. The van der Waals surface area contributed by atoms with Crippen LogP contribution in [0.15, 0.2) is 0 Å². The number of aliphatic hydroxyl groups is 1. The molecule has 0 aromatic carbocycles. The molecule has 4 aliphatic rings. The van der Waals surface area contributed by atoms with Crippen molar-refractivity contribution >= 4 is 6.03 Å². The van der Waals surface area contributed by atoms with E-state index in [0.717, 1.165) is 32.2 Å². The van der Waals surface area contributed by atoms with Crippen LogP contribution in [0.3, 0.4) is 0 Å². The summed E-state index contributed by atoms with van der Waals surface area (Å²) in [6.07, 6.45) is 8.31. The Labute approximate surface area is 126 Å². The molecular weight excluding hydrogens is 268 g/mol. The molecule has 0 aromatic rings. The molecule has 3 heterocycles. The lowest BCUT2D eigenvalue weighted by Crippen LogP contribution is -2.46. The fourth-order valence-electron chi connectivity index (χ4n) is 5.10. The van der Waals surface area contributed by atoms with Crippen LogP contribution >= 0.6 is 0 Å². The first-order valence-electron chi connectivity index (χ1n) is 8.56. The van der Waals surface area contributed by atoms with E-state index in [0.29, 0.717) is 18.5 Å². The van der Waals surface area contributed by atoms with Crippen molar-refractivity contribution in [1.29, 1.82) is 0 Å². The minimum Gasteiger partial charge on any atom is -0.396 e. The average molecular weight is 294 g/mol. The van der Waals surface area contributed by atoms with Crippen LogP contribution in [0.5, 0.6) is 0 Å². The van der Waals surface area contributed by atoms with Crippen LogP contribution < -0.4 is 5.32 Å². The van der Waals surface area contributed by atoms with Crippen molar-refractivity contribution in [2.45, 2.75) is 62.7 Å². The van der Waals surface area contributed by atoms with Gasteiger partial charge in [-0.1, -0.05) is 19.3 Å². The Hall–Kier alpha value is -0.810. The molecule has 118 valence electrons. The number of nitrogens with one attached hydrogen (secondary N) is 1. The van der Waals surface area contributed by atoms with Crippen molar-refractivity contribution in [3.63, 3.8) is 0 Å². The summed E-state index contributed by atoms with van der Waals surface area (Å²) < 4.78 is 6.18. The van der Waals surface area contributed by atoms with Gasteiger partial charge in [0.25, 0.3) is 0 Å². The molecule has 5 nitrogen and oxygen atoms in total. The predicted molar refractivity (Wildman–Crippen MR) is 77.9 cm³/mol. The molecule has 2 bridgehead atoms. The van der Waals surface area contributed by atoms with Gasteiger partial charge in [0.2, 0.25) is 0 Å². The largest absolute Gasteiger partial charge is 0.396 e. The summed E-state index contributed by atoms with van der Waals surface area (Å²) in [6, 6.07) is 0.435. The Morgan fingerprint density at radius 2 is 2.10 bits per heavy atom. The van der Waals surface area contributed by atoms with Gasteiger partial charge in [0, 0.05) is 31.0 Å². The number of rotatable bonds is 2. The van der Waals surface area contributed by atoms with Crippen LogP contribution in [0, 0.1) is 11.8 Å². The third-order valence-corrected chi connectivity index (χ3v) is 6.21. The van der Waals surface area contributed by atoms with Crippen molar-refractivity contribution in [1.82, 2.24) is 10.2 Å². The Kier molecular flexibility index (Phi) is 3.38. The van der Waals surface area contributed by atoms with Crippen molar-refractivity contribution in [2.24, 2.45) is 11.8 Å². The van der Waals surface area contributed by atoms with Crippen LogP contribution in [0.4, 0.5) is 4.79 Å². The first kappa shape index (κ1) is 13.8. The number of ether oxygens (including phenoxy) is 1. The van der Waals surface area contributed by atoms with E-state index in [4.69, 9.17) is 4.74 Å². The van der Waals surface area contributed by atoms with Crippen molar-refractivity contribution in [2.75, 3.05) is 19.7 Å². The Balaban J connectivity index is 1.40.